The number of nitrogens with one attached hydrogen (secondary N) is 1. The first kappa shape index (κ1) is 9.05. The molecule has 14 heavy (non-hydrogen) atoms. The number of aromatic amines is 1. The molecule has 0 fully saturated rings. The number of H-pyrrole nitrogens is 1. The third-order valence-electron chi connectivity index (χ3n) is 2.12. The van der Waals surface area contributed by atoms with Crippen LogP contribution in [0.1, 0.15) is 29.4 Å². The van der Waals surface area contributed by atoms with Crippen molar-refractivity contribution in [3.8, 4) is 5.88 Å². The summed E-state index contributed by atoms with van der Waals surface area (Å²) in [5.74, 6) is 0.186. The zero-order valence-corrected chi connectivity index (χ0v) is 8.00. The van der Waals surface area contributed by atoms with E-state index in [0.717, 1.165) is 18.4 Å². The standard InChI is InChI=1S/C9H12N2O3/c1-2-13-9(12)7-6-4-3-5-14-8(6)11-10-7/h2-5H2,1H3,(H,10,11). The molecular formula is C9H12N2O3. The normalized spacial score (nSPS) is 14.4. The van der Waals surface area contributed by atoms with Gasteiger partial charge in [0, 0.05) is 5.56 Å². The average molecular weight is 196 g/mol. The lowest BCUT2D eigenvalue weighted by Crippen LogP contribution is -2.12. The molecule has 1 aliphatic heterocycles. The van der Waals surface area contributed by atoms with Gasteiger partial charge in [0.05, 0.1) is 13.2 Å². The van der Waals surface area contributed by atoms with E-state index >= 15 is 0 Å². The topological polar surface area (TPSA) is 64.2 Å². The van der Waals surface area contributed by atoms with Crippen molar-refractivity contribution < 1.29 is 14.3 Å². The van der Waals surface area contributed by atoms with Crippen molar-refractivity contribution in [3.05, 3.63) is 11.3 Å². The second kappa shape index (κ2) is 3.69. The van der Waals surface area contributed by atoms with E-state index in [1.54, 1.807) is 6.92 Å². The molecule has 0 amide bonds. The molecule has 0 atom stereocenters. The number of hydrogen-bond donors (Lipinski definition) is 1. The predicted molar refractivity (Wildman–Crippen MR) is 48.4 cm³/mol. The summed E-state index contributed by atoms with van der Waals surface area (Å²) in [5, 5.41) is 6.56. The maximum Gasteiger partial charge on any atom is 0.356 e. The molecule has 1 aromatic rings. The molecule has 1 aliphatic rings. The molecule has 76 valence electrons. The molecule has 0 radical (unpaired) electrons. The van der Waals surface area contributed by atoms with Gasteiger partial charge in [0.2, 0.25) is 5.88 Å². The molecule has 5 heteroatoms. The van der Waals surface area contributed by atoms with Gasteiger partial charge in [-0.2, -0.15) is 0 Å². The van der Waals surface area contributed by atoms with Gasteiger partial charge in [0.1, 0.15) is 0 Å². The third kappa shape index (κ3) is 1.45. The van der Waals surface area contributed by atoms with Gasteiger partial charge in [0.15, 0.2) is 5.69 Å². The average Bonchev–Trinajstić information content (AvgIpc) is 2.61. The van der Waals surface area contributed by atoms with E-state index in [4.69, 9.17) is 9.47 Å². The number of carbonyl (C=O) groups is 1. The maximum absolute atomic E-state index is 11.4. The minimum absolute atomic E-state index is 0.355. The number of hydrogen-bond acceptors (Lipinski definition) is 4. The van der Waals surface area contributed by atoms with Crippen molar-refractivity contribution in [3.63, 3.8) is 0 Å². The van der Waals surface area contributed by atoms with Crippen LogP contribution in [0.3, 0.4) is 0 Å². The number of fused-ring (bicyclic) bond motifs is 1. The highest BCUT2D eigenvalue weighted by molar-refractivity contribution is 5.89. The molecule has 0 bridgehead atoms. The first-order valence-corrected chi connectivity index (χ1v) is 4.70. The molecule has 0 unspecified atom stereocenters. The highest BCUT2D eigenvalue weighted by Crippen LogP contribution is 2.25. The van der Waals surface area contributed by atoms with Crippen molar-refractivity contribution >= 4 is 5.97 Å². The number of carbonyl (C=O) groups excluding carboxylic acids is 1. The quantitative estimate of drug-likeness (QED) is 0.714. The zero-order valence-electron chi connectivity index (χ0n) is 8.00. The van der Waals surface area contributed by atoms with E-state index in [2.05, 4.69) is 10.2 Å². The summed E-state index contributed by atoms with van der Waals surface area (Å²) in [7, 11) is 0. The van der Waals surface area contributed by atoms with Crippen LogP contribution in [-0.2, 0) is 11.2 Å². The highest BCUT2D eigenvalue weighted by Gasteiger charge is 2.23. The van der Waals surface area contributed by atoms with Crippen LogP contribution in [0.2, 0.25) is 0 Å². The lowest BCUT2D eigenvalue weighted by molar-refractivity contribution is 0.0517. The number of esters is 1. The van der Waals surface area contributed by atoms with E-state index in [9.17, 15) is 4.79 Å². The molecule has 2 heterocycles. The molecule has 1 N–H and O–H groups in total. The Hall–Kier alpha value is -1.52. The first-order chi connectivity index (χ1) is 6.83. The van der Waals surface area contributed by atoms with Gasteiger partial charge in [-0.15, -0.1) is 5.10 Å². The second-order valence-electron chi connectivity index (χ2n) is 3.05. The minimum atomic E-state index is -0.355. The first-order valence-electron chi connectivity index (χ1n) is 4.70. The second-order valence-corrected chi connectivity index (χ2v) is 3.05. The maximum atomic E-state index is 11.4. The van der Waals surface area contributed by atoms with Gasteiger partial charge in [0.25, 0.3) is 0 Å². The van der Waals surface area contributed by atoms with Crippen molar-refractivity contribution in [2.24, 2.45) is 0 Å². The smallest absolute Gasteiger partial charge is 0.356 e. The Morgan fingerprint density at radius 2 is 2.57 bits per heavy atom. The fourth-order valence-electron chi connectivity index (χ4n) is 1.49. The van der Waals surface area contributed by atoms with Gasteiger partial charge in [-0.05, 0) is 19.8 Å². The van der Waals surface area contributed by atoms with Crippen molar-refractivity contribution in [1.82, 2.24) is 10.2 Å². The van der Waals surface area contributed by atoms with Crippen LogP contribution in [-0.4, -0.2) is 29.4 Å². The fraction of sp³-hybridized carbons (Fsp3) is 0.556. The zero-order chi connectivity index (χ0) is 9.97. The fourth-order valence-corrected chi connectivity index (χ4v) is 1.49. The molecule has 2 rings (SSSR count). The molecule has 0 aromatic carbocycles. The molecule has 1 aromatic heterocycles. The van der Waals surface area contributed by atoms with Crippen LogP contribution in [0, 0.1) is 0 Å². The van der Waals surface area contributed by atoms with E-state index in [0.29, 0.717) is 24.8 Å². The Labute approximate surface area is 81.4 Å². The third-order valence-corrected chi connectivity index (χ3v) is 2.12. The summed E-state index contributed by atoms with van der Waals surface area (Å²) in [5.41, 5.74) is 1.27. The molecule has 0 aliphatic carbocycles. The van der Waals surface area contributed by atoms with E-state index in [1.807, 2.05) is 0 Å². The monoisotopic (exact) mass is 196 g/mol. The Kier molecular flexibility index (Phi) is 2.39. The van der Waals surface area contributed by atoms with Crippen LogP contribution >= 0.6 is 0 Å². The molecular weight excluding hydrogens is 184 g/mol. The summed E-state index contributed by atoms with van der Waals surface area (Å²) in [6.07, 6.45) is 1.74. The summed E-state index contributed by atoms with van der Waals surface area (Å²) < 4.78 is 10.2. The largest absolute Gasteiger partial charge is 0.476 e. The highest BCUT2D eigenvalue weighted by atomic mass is 16.5. The van der Waals surface area contributed by atoms with Crippen LogP contribution in [0.5, 0.6) is 5.88 Å². The summed E-state index contributed by atoms with van der Waals surface area (Å²) in [6.45, 7) is 2.81. The molecule has 5 nitrogen and oxygen atoms in total. The van der Waals surface area contributed by atoms with Gasteiger partial charge in [-0.25, -0.2) is 4.79 Å². The summed E-state index contributed by atoms with van der Waals surface area (Å²) in [4.78, 5) is 11.4. The Bertz CT molecular complexity index is 346. The van der Waals surface area contributed by atoms with Crippen LogP contribution in [0.4, 0.5) is 0 Å². The Morgan fingerprint density at radius 1 is 1.71 bits per heavy atom. The minimum Gasteiger partial charge on any atom is -0.476 e. The van der Waals surface area contributed by atoms with Gasteiger partial charge >= 0.3 is 5.97 Å². The van der Waals surface area contributed by atoms with Crippen molar-refractivity contribution in [1.29, 1.82) is 0 Å². The van der Waals surface area contributed by atoms with Gasteiger partial charge < -0.3 is 9.47 Å². The molecule has 0 saturated carbocycles. The summed E-state index contributed by atoms with van der Waals surface area (Å²) in [6, 6.07) is 0. The van der Waals surface area contributed by atoms with Crippen LogP contribution in [0.25, 0.3) is 0 Å². The van der Waals surface area contributed by atoms with E-state index in [1.165, 1.54) is 0 Å². The van der Waals surface area contributed by atoms with Crippen molar-refractivity contribution in [2.75, 3.05) is 13.2 Å². The van der Waals surface area contributed by atoms with Crippen LogP contribution in [0.15, 0.2) is 0 Å². The Balaban J connectivity index is 2.25. The molecule has 0 saturated heterocycles. The lowest BCUT2D eigenvalue weighted by Gasteiger charge is -2.11. The number of rotatable bonds is 2. The number of ether oxygens (including phenoxy) is 2. The van der Waals surface area contributed by atoms with E-state index in [-0.39, 0.29) is 5.97 Å². The van der Waals surface area contributed by atoms with E-state index < -0.39 is 0 Å². The van der Waals surface area contributed by atoms with Gasteiger partial charge in [-0.1, -0.05) is 0 Å². The lowest BCUT2D eigenvalue weighted by atomic mass is 10.1. The van der Waals surface area contributed by atoms with Crippen LogP contribution < -0.4 is 4.74 Å². The Morgan fingerprint density at radius 3 is 3.36 bits per heavy atom. The van der Waals surface area contributed by atoms with Crippen molar-refractivity contribution in [2.45, 2.75) is 19.8 Å². The predicted octanol–water partition coefficient (Wildman–Crippen LogP) is 0.911. The van der Waals surface area contributed by atoms with Gasteiger partial charge in [-0.3, -0.25) is 5.10 Å². The summed E-state index contributed by atoms with van der Waals surface area (Å²) >= 11 is 0. The SMILES string of the molecule is CCOC(=O)c1[nH]nc2c1CCCO2. The molecule has 0 spiro atoms. The number of nitrogens with zero attached hydrogens (tertiary/aromatic N) is 1. The number of aromatic nitrogens is 2.